The van der Waals surface area contributed by atoms with Crippen molar-refractivity contribution in [2.75, 3.05) is 26.2 Å². The van der Waals surface area contributed by atoms with E-state index in [4.69, 9.17) is 14.5 Å². The van der Waals surface area contributed by atoms with E-state index in [9.17, 15) is 0 Å². The first-order valence-electron chi connectivity index (χ1n) is 7.63. The van der Waals surface area contributed by atoms with Gasteiger partial charge in [0.25, 0.3) is 0 Å². The molecule has 1 saturated heterocycles. The minimum Gasteiger partial charge on any atom is -0.367 e. The average molecular weight is 292 g/mol. The smallest absolute Gasteiger partial charge is 0.227 e. The lowest BCUT2D eigenvalue weighted by Crippen LogP contribution is -2.38. The SMILES string of the molecule is CCN1CCOC(c2noc(CC(C)(CC)CC#N)n2)C1. The van der Waals surface area contributed by atoms with Gasteiger partial charge < -0.3 is 9.26 Å². The van der Waals surface area contributed by atoms with Gasteiger partial charge in [-0.05, 0) is 18.4 Å². The first kappa shape index (κ1) is 15.9. The molecular weight excluding hydrogens is 268 g/mol. The third kappa shape index (κ3) is 4.02. The Labute approximate surface area is 126 Å². The number of ether oxygens (including phenoxy) is 1. The highest BCUT2D eigenvalue weighted by molar-refractivity contribution is 4.98. The number of morpholine rings is 1. The maximum Gasteiger partial charge on any atom is 0.227 e. The molecule has 0 N–H and O–H groups in total. The van der Waals surface area contributed by atoms with Gasteiger partial charge in [-0.2, -0.15) is 10.2 Å². The molecule has 0 bridgehead atoms. The molecule has 2 heterocycles. The van der Waals surface area contributed by atoms with Crippen LogP contribution in [0.3, 0.4) is 0 Å². The van der Waals surface area contributed by atoms with E-state index in [0.29, 0.717) is 31.2 Å². The molecular formula is C15H24N4O2. The highest BCUT2D eigenvalue weighted by atomic mass is 16.5. The Morgan fingerprint density at radius 1 is 1.48 bits per heavy atom. The number of hydrogen-bond donors (Lipinski definition) is 0. The molecule has 6 heteroatoms. The fourth-order valence-corrected chi connectivity index (χ4v) is 2.49. The minimum absolute atomic E-state index is 0.110. The van der Waals surface area contributed by atoms with E-state index in [1.165, 1.54) is 0 Å². The van der Waals surface area contributed by atoms with Crippen LogP contribution < -0.4 is 0 Å². The number of aromatic nitrogens is 2. The zero-order chi connectivity index (χ0) is 15.3. The van der Waals surface area contributed by atoms with Crippen LogP contribution in [-0.4, -0.2) is 41.3 Å². The van der Waals surface area contributed by atoms with Gasteiger partial charge in [-0.15, -0.1) is 0 Å². The molecule has 1 fully saturated rings. The second kappa shape index (κ2) is 7.01. The molecule has 1 aromatic heterocycles. The van der Waals surface area contributed by atoms with Crippen molar-refractivity contribution in [2.45, 2.75) is 46.1 Å². The van der Waals surface area contributed by atoms with Crippen molar-refractivity contribution in [1.29, 1.82) is 5.26 Å². The van der Waals surface area contributed by atoms with E-state index >= 15 is 0 Å². The van der Waals surface area contributed by atoms with Crippen molar-refractivity contribution >= 4 is 0 Å². The lowest BCUT2D eigenvalue weighted by atomic mass is 9.81. The summed E-state index contributed by atoms with van der Waals surface area (Å²) in [5, 5.41) is 13.0. The van der Waals surface area contributed by atoms with Crippen molar-refractivity contribution in [3.8, 4) is 6.07 Å². The molecule has 2 rings (SSSR count). The highest BCUT2D eigenvalue weighted by Crippen LogP contribution is 2.30. The number of nitriles is 1. The maximum atomic E-state index is 8.93. The van der Waals surface area contributed by atoms with E-state index in [-0.39, 0.29) is 11.5 Å². The largest absolute Gasteiger partial charge is 0.367 e. The van der Waals surface area contributed by atoms with Crippen LogP contribution in [0.15, 0.2) is 4.52 Å². The van der Waals surface area contributed by atoms with E-state index in [0.717, 1.165) is 26.1 Å². The molecule has 1 aliphatic heterocycles. The predicted octanol–water partition coefficient (Wildman–Crippen LogP) is 2.34. The molecule has 21 heavy (non-hydrogen) atoms. The first-order valence-corrected chi connectivity index (χ1v) is 7.63. The summed E-state index contributed by atoms with van der Waals surface area (Å²) < 4.78 is 11.1. The van der Waals surface area contributed by atoms with Gasteiger partial charge >= 0.3 is 0 Å². The standard InChI is InChI=1S/C15H24N4O2/c1-4-15(3,6-7-16)10-13-17-14(18-21-13)12-11-19(5-2)8-9-20-12/h12H,4-6,8-11H2,1-3H3. The number of rotatable bonds is 6. The Balaban J connectivity index is 2.02. The first-order chi connectivity index (χ1) is 10.1. The van der Waals surface area contributed by atoms with Crippen LogP contribution >= 0.6 is 0 Å². The minimum atomic E-state index is -0.111. The number of likely N-dealkylation sites (N-methyl/N-ethyl adjacent to an activating group) is 1. The highest BCUT2D eigenvalue weighted by Gasteiger charge is 2.29. The Hall–Kier alpha value is -1.45. The summed E-state index contributed by atoms with van der Waals surface area (Å²) in [6, 6.07) is 2.24. The topological polar surface area (TPSA) is 75.2 Å². The Morgan fingerprint density at radius 2 is 2.29 bits per heavy atom. The van der Waals surface area contributed by atoms with E-state index in [1.54, 1.807) is 0 Å². The van der Waals surface area contributed by atoms with Crippen LogP contribution in [0.1, 0.15) is 51.4 Å². The molecule has 0 saturated carbocycles. The lowest BCUT2D eigenvalue weighted by molar-refractivity contribution is -0.0334. The normalized spacial score (nSPS) is 22.7. The van der Waals surface area contributed by atoms with Gasteiger partial charge in [0.2, 0.25) is 11.7 Å². The van der Waals surface area contributed by atoms with Crippen LogP contribution in [0.25, 0.3) is 0 Å². The molecule has 0 aliphatic carbocycles. The quantitative estimate of drug-likeness (QED) is 0.801. The average Bonchev–Trinajstić information content (AvgIpc) is 2.96. The van der Waals surface area contributed by atoms with Crippen LogP contribution in [0.5, 0.6) is 0 Å². The molecule has 0 aromatic carbocycles. The van der Waals surface area contributed by atoms with Gasteiger partial charge in [-0.1, -0.05) is 25.9 Å². The van der Waals surface area contributed by atoms with Gasteiger partial charge in [-0.3, -0.25) is 4.90 Å². The monoisotopic (exact) mass is 292 g/mol. The van der Waals surface area contributed by atoms with Crippen molar-refractivity contribution in [2.24, 2.45) is 5.41 Å². The van der Waals surface area contributed by atoms with Crippen molar-refractivity contribution in [3.63, 3.8) is 0 Å². The van der Waals surface area contributed by atoms with Gasteiger partial charge in [0.05, 0.1) is 12.7 Å². The second-order valence-corrected chi connectivity index (χ2v) is 5.97. The molecule has 6 nitrogen and oxygen atoms in total. The second-order valence-electron chi connectivity index (χ2n) is 5.97. The predicted molar refractivity (Wildman–Crippen MR) is 77.4 cm³/mol. The summed E-state index contributed by atoms with van der Waals surface area (Å²) in [7, 11) is 0. The summed E-state index contributed by atoms with van der Waals surface area (Å²) in [6.07, 6.45) is 1.92. The van der Waals surface area contributed by atoms with Gasteiger partial charge in [0.15, 0.2) is 0 Å². The Morgan fingerprint density at radius 3 is 2.95 bits per heavy atom. The van der Waals surface area contributed by atoms with Crippen LogP contribution in [-0.2, 0) is 11.2 Å². The fourth-order valence-electron chi connectivity index (χ4n) is 2.49. The zero-order valence-corrected chi connectivity index (χ0v) is 13.1. The van der Waals surface area contributed by atoms with Gasteiger partial charge in [0.1, 0.15) is 6.10 Å². The van der Waals surface area contributed by atoms with Gasteiger partial charge in [0, 0.05) is 25.9 Å². The number of nitrogens with zero attached hydrogens (tertiary/aromatic N) is 4. The summed E-state index contributed by atoms with van der Waals surface area (Å²) >= 11 is 0. The van der Waals surface area contributed by atoms with Crippen molar-refractivity contribution in [1.82, 2.24) is 15.0 Å². The molecule has 2 unspecified atom stereocenters. The van der Waals surface area contributed by atoms with Crippen LogP contribution in [0.2, 0.25) is 0 Å². The van der Waals surface area contributed by atoms with Crippen LogP contribution in [0, 0.1) is 16.7 Å². The zero-order valence-electron chi connectivity index (χ0n) is 13.1. The summed E-state index contributed by atoms with van der Waals surface area (Å²) in [5.41, 5.74) is -0.110. The lowest BCUT2D eigenvalue weighted by Gasteiger charge is -2.30. The van der Waals surface area contributed by atoms with E-state index in [1.807, 2.05) is 0 Å². The maximum absolute atomic E-state index is 8.93. The fraction of sp³-hybridized carbons (Fsp3) is 0.800. The summed E-state index contributed by atoms with van der Waals surface area (Å²) in [6.45, 7) is 9.75. The summed E-state index contributed by atoms with van der Waals surface area (Å²) in [4.78, 5) is 6.79. The van der Waals surface area contributed by atoms with Crippen molar-refractivity contribution in [3.05, 3.63) is 11.7 Å². The Bertz CT molecular complexity index is 496. The molecule has 116 valence electrons. The van der Waals surface area contributed by atoms with Gasteiger partial charge in [-0.25, -0.2) is 0 Å². The van der Waals surface area contributed by atoms with Crippen LogP contribution in [0.4, 0.5) is 0 Å². The molecule has 0 radical (unpaired) electrons. The van der Waals surface area contributed by atoms with E-state index in [2.05, 4.69) is 41.9 Å². The van der Waals surface area contributed by atoms with Crippen molar-refractivity contribution < 1.29 is 9.26 Å². The third-order valence-corrected chi connectivity index (χ3v) is 4.31. The summed E-state index contributed by atoms with van der Waals surface area (Å²) in [5.74, 6) is 1.22. The molecule has 1 aliphatic rings. The third-order valence-electron chi connectivity index (χ3n) is 4.31. The molecule has 2 atom stereocenters. The molecule has 1 aromatic rings. The number of hydrogen-bond acceptors (Lipinski definition) is 6. The molecule has 0 amide bonds. The molecule has 0 spiro atoms. The Kier molecular flexibility index (Phi) is 5.32. The van der Waals surface area contributed by atoms with E-state index < -0.39 is 0 Å².